The molecule has 0 radical (unpaired) electrons. The maximum atomic E-state index is 11.9. The van der Waals surface area contributed by atoms with Gasteiger partial charge in [0.25, 0.3) is 5.91 Å². The molecule has 0 saturated carbocycles. The summed E-state index contributed by atoms with van der Waals surface area (Å²) < 4.78 is 0.960. The second-order valence-corrected chi connectivity index (χ2v) is 4.78. The summed E-state index contributed by atoms with van der Waals surface area (Å²) in [5, 5.41) is 9.17. The van der Waals surface area contributed by atoms with Crippen molar-refractivity contribution >= 4 is 27.7 Å². The van der Waals surface area contributed by atoms with Gasteiger partial charge in [0.15, 0.2) is 0 Å². The lowest BCUT2D eigenvalue weighted by Crippen LogP contribution is -2.27. The van der Waals surface area contributed by atoms with Gasteiger partial charge in [-0.25, -0.2) is 0 Å². The van der Waals surface area contributed by atoms with Crippen molar-refractivity contribution in [2.75, 3.05) is 5.73 Å². The van der Waals surface area contributed by atoms with Crippen LogP contribution in [0.2, 0.25) is 0 Å². The first-order valence-corrected chi connectivity index (χ1v) is 6.23. The van der Waals surface area contributed by atoms with E-state index >= 15 is 0 Å². The summed E-state index contributed by atoms with van der Waals surface area (Å²) in [6, 6.07) is 9.14. The molecule has 6 heteroatoms. The van der Waals surface area contributed by atoms with E-state index in [9.17, 15) is 4.79 Å². The number of hydrogen-bond donors (Lipinski definition) is 3. The summed E-state index contributed by atoms with van der Waals surface area (Å²) in [4.78, 5) is 11.9. The van der Waals surface area contributed by atoms with Crippen LogP contribution in [0.3, 0.4) is 0 Å². The fraction of sp³-hybridized carbons (Fsp3) is 0.167. The van der Waals surface area contributed by atoms with Crippen LogP contribution in [0, 0.1) is 0 Å². The minimum Gasteiger partial charge on any atom is -0.382 e. The molecule has 2 aromatic rings. The molecule has 0 aliphatic carbocycles. The number of amides is 1. The molecule has 1 amide bonds. The van der Waals surface area contributed by atoms with Crippen molar-refractivity contribution in [2.24, 2.45) is 0 Å². The summed E-state index contributed by atoms with van der Waals surface area (Å²) in [6.07, 6.45) is 0. The third-order valence-electron chi connectivity index (χ3n) is 2.56. The quantitative estimate of drug-likeness (QED) is 0.813. The number of H-pyrrole nitrogens is 1. The molecule has 5 nitrogen and oxygen atoms in total. The fourth-order valence-electron chi connectivity index (χ4n) is 1.63. The molecule has 0 spiro atoms. The predicted octanol–water partition coefficient (Wildman–Crippen LogP) is 2.25. The number of hydrogen-bond acceptors (Lipinski definition) is 3. The molecule has 4 N–H and O–H groups in total. The van der Waals surface area contributed by atoms with Crippen molar-refractivity contribution in [2.45, 2.75) is 13.0 Å². The topological polar surface area (TPSA) is 83.8 Å². The van der Waals surface area contributed by atoms with Crippen LogP contribution in [0.25, 0.3) is 0 Å². The Bertz CT molecular complexity index is 567. The number of aromatic amines is 1. The van der Waals surface area contributed by atoms with Gasteiger partial charge >= 0.3 is 0 Å². The van der Waals surface area contributed by atoms with Crippen LogP contribution in [0.15, 0.2) is 34.8 Å². The molecular weight excluding hydrogens is 296 g/mol. The van der Waals surface area contributed by atoms with E-state index in [4.69, 9.17) is 5.73 Å². The number of halogens is 1. The molecule has 94 valence electrons. The van der Waals surface area contributed by atoms with Gasteiger partial charge in [-0.15, -0.1) is 0 Å². The van der Waals surface area contributed by atoms with Crippen LogP contribution in [0.5, 0.6) is 0 Å². The average Bonchev–Trinajstić information content (AvgIpc) is 2.76. The summed E-state index contributed by atoms with van der Waals surface area (Å²) >= 11 is 3.46. The Kier molecular flexibility index (Phi) is 3.66. The Morgan fingerprint density at radius 3 is 2.83 bits per heavy atom. The monoisotopic (exact) mass is 308 g/mol. The SMILES string of the molecule is CC(NC(=O)c1cc(N)n[nH]1)c1ccccc1Br. The van der Waals surface area contributed by atoms with Crippen molar-refractivity contribution in [1.29, 1.82) is 0 Å². The largest absolute Gasteiger partial charge is 0.382 e. The van der Waals surface area contributed by atoms with Gasteiger partial charge < -0.3 is 11.1 Å². The van der Waals surface area contributed by atoms with Gasteiger partial charge in [-0.2, -0.15) is 5.10 Å². The van der Waals surface area contributed by atoms with Crippen molar-refractivity contribution in [3.05, 3.63) is 46.1 Å². The predicted molar refractivity (Wildman–Crippen MR) is 73.0 cm³/mol. The maximum absolute atomic E-state index is 11.9. The average molecular weight is 309 g/mol. The number of nitrogen functional groups attached to an aromatic ring is 1. The summed E-state index contributed by atoms with van der Waals surface area (Å²) in [5.41, 5.74) is 6.82. The van der Waals surface area contributed by atoms with Crippen LogP contribution in [-0.4, -0.2) is 16.1 Å². The molecule has 18 heavy (non-hydrogen) atoms. The second kappa shape index (κ2) is 5.22. The highest BCUT2D eigenvalue weighted by Gasteiger charge is 2.14. The van der Waals surface area contributed by atoms with E-state index in [0.717, 1.165) is 10.0 Å². The van der Waals surface area contributed by atoms with Gasteiger partial charge in [-0.05, 0) is 18.6 Å². The van der Waals surface area contributed by atoms with Crippen molar-refractivity contribution in [3.63, 3.8) is 0 Å². The zero-order chi connectivity index (χ0) is 13.1. The molecule has 1 aromatic carbocycles. The van der Waals surface area contributed by atoms with Crippen LogP contribution in [0.4, 0.5) is 5.82 Å². The Hall–Kier alpha value is -1.82. The molecule has 1 heterocycles. The number of rotatable bonds is 3. The minimum absolute atomic E-state index is 0.113. The van der Waals surface area contributed by atoms with Gasteiger partial charge in [0, 0.05) is 10.5 Å². The van der Waals surface area contributed by atoms with Gasteiger partial charge in [0.2, 0.25) is 0 Å². The van der Waals surface area contributed by atoms with Crippen molar-refractivity contribution < 1.29 is 4.79 Å². The smallest absolute Gasteiger partial charge is 0.269 e. The summed E-state index contributed by atoms with van der Waals surface area (Å²) in [7, 11) is 0. The van der Waals surface area contributed by atoms with Gasteiger partial charge in [-0.3, -0.25) is 9.89 Å². The van der Waals surface area contributed by atoms with Gasteiger partial charge in [0.1, 0.15) is 11.5 Å². The maximum Gasteiger partial charge on any atom is 0.269 e. The normalized spacial score (nSPS) is 12.1. The zero-order valence-electron chi connectivity index (χ0n) is 9.77. The van der Waals surface area contributed by atoms with Crippen LogP contribution in [-0.2, 0) is 0 Å². The number of nitrogens with one attached hydrogen (secondary N) is 2. The van der Waals surface area contributed by atoms with Crippen LogP contribution >= 0.6 is 15.9 Å². The highest BCUT2D eigenvalue weighted by Crippen LogP contribution is 2.22. The molecule has 0 bridgehead atoms. The van der Waals surface area contributed by atoms with Crippen molar-refractivity contribution in [3.8, 4) is 0 Å². The highest BCUT2D eigenvalue weighted by atomic mass is 79.9. The lowest BCUT2D eigenvalue weighted by molar-refractivity contribution is 0.0934. The summed E-state index contributed by atoms with van der Waals surface area (Å²) in [6.45, 7) is 1.91. The molecule has 1 unspecified atom stereocenters. The number of benzene rings is 1. The second-order valence-electron chi connectivity index (χ2n) is 3.92. The van der Waals surface area contributed by atoms with E-state index in [1.807, 2.05) is 31.2 Å². The highest BCUT2D eigenvalue weighted by molar-refractivity contribution is 9.10. The zero-order valence-corrected chi connectivity index (χ0v) is 11.4. The summed E-state index contributed by atoms with van der Waals surface area (Å²) in [5.74, 6) is 0.0659. The Labute approximate surface area is 113 Å². The van der Waals surface area contributed by atoms with Crippen LogP contribution < -0.4 is 11.1 Å². The van der Waals surface area contributed by atoms with E-state index < -0.39 is 0 Å². The van der Waals surface area contributed by atoms with Crippen molar-refractivity contribution in [1.82, 2.24) is 15.5 Å². The molecule has 1 atom stereocenters. The van der Waals surface area contributed by atoms with E-state index in [2.05, 4.69) is 31.4 Å². The number of carbonyl (C=O) groups is 1. The standard InChI is InChI=1S/C12H13BrN4O/c1-7(8-4-2-3-5-9(8)13)15-12(18)10-6-11(14)17-16-10/h2-7H,1H3,(H,15,18)(H3,14,16,17). The first kappa shape index (κ1) is 12.6. The molecule has 1 aromatic heterocycles. The van der Waals surface area contributed by atoms with Gasteiger partial charge in [0.05, 0.1) is 6.04 Å². The molecule has 0 fully saturated rings. The molecule has 2 rings (SSSR count). The Morgan fingerprint density at radius 1 is 1.50 bits per heavy atom. The molecule has 0 aliphatic heterocycles. The molecule has 0 saturated heterocycles. The van der Waals surface area contributed by atoms with E-state index in [-0.39, 0.29) is 11.9 Å². The van der Waals surface area contributed by atoms with E-state index in [0.29, 0.717) is 11.5 Å². The molecule has 0 aliphatic rings. The van der Waals surface area contributed by atoms with E-state index in [1.165, 1.54) is 6.07 Å². The van der Waals surface area contributed by atoms with Crippen LogP contribution in [0.1, 0.15) is 29.0 Å². The Morgan fingerprint density at radius 2 is 2.22 bits per heavy atom. The number of anilines is 1. The Balaban J connectivity index is 2.10. The first-order chi connectivity index (χ1) is 8.58. The lowest BCUT2D eigenvalue weighted by Gasteiger charge is -2.15. The number of aromatic nitrogens is 2. The number of nitrogens with two attached hydrogens (primary N) is 1. The third-order valence-corrected chi connectivity index (χ3v) is 3.28. The third kappa shape index (κ3) is 2.70. The molecular formula is C12H13BrN4O. The lowest BCUT2D eigenvalue weighted by atomic mass is 10.1. The fourth-order valence-corrected chi connectivity index (χ4v) is 2.26. The minimum atomic E-state index is -0.234. The number of nitrogens with zero attached hydrogens (tertiary/aromatic N) is 1. The number of carbonyl (C=O) groups excluding carboxylic acids is 1. The first-order valence-electron chi connectivity index (χ1n) is 5.44. The van der Waals surface area contributed by atoms with E-state index in [1.54, 1.807) is 0 Å². The van der Waals surface area contributed by atoms with Gasteiger partial charge in [-0.1, -0.05) is 34.1 Å².